The van der Waals surface area contributed by atoms with Gasteiger partial charge in [0.15, 0.2) is 0 Å². The summed E-state index contributed by atoms with van der Waals surface area (Å²) in [7, 11) is 1.84. The maximum absolute atomic E-state index is 12.4. The molecule has 156 valence electrons. The van der Waals surface area contributed by atoms with E-state index in [1.165, 1.54) is 0 Å². The number of amides is 2. The van der Waals surface area contributed by atoms with Gasteiger partial charge in [0.2, 0.25) is 5.91 Å². The van der Waals surface area contributed by atoms with Crippen LogP contribution in [0.25, 0.3) is 0 Å². The Kier molecular flexibility index (Phi) is 7.07. The number of piperidine rings is 1. The molecule has 2 saturated heterocycles. The number of ether oxygens (including phenoxy) is 1. The summed E-state index contributed by atoms with van der Waals surface area (Å²) in [5, 5.41) is 7.27. The minimum Gasteiger partial charge on any atom is -0.381 e. The Balaban J connectivity index is 1.56. The normalized spacial score (nSPS) is 19.2. The van der Waals surface area contributed by atoms with Crippen LogP contribution in [0.4, 0.5) is 0 Å². The second-order valence-electron chi connectivity index (χ2n) is 7.87. The Morgan fingerprint density at radius 2 is 1.86 bits per heavy atom. The van der Waals surface area contributed by atoms with E-state index in [4.69, 9.17) is 4.74 Å². The van der Waals surface area contributed by atoms with E-state index in [-0.39, 0.29) is 11.8 Å². The maximum atomic E-state index is 12.4. The maximum Gasteiger partial charge on any atom is 0.271 e. The Bertz CT molecular complexity index is 656. The molecule has 0 aliphatic carbocycles. The van der Waals surface area contributed by atoms with E-state index in [1.54, 1.807) is 11.6 Å². The quantitative estimate of drug-likeness (QED) is 0.781. The third kappa shape index (κ3) is 5.11. The predicted octanol–water partition coefficient (Wildman–Crippen LogP) is 0.950. The zero-order valence-electron chi connectivity index (χ0n) is 17.3. The van der Waals surface area contributed by atoms with Crippen molar-refractivity contribution in [3.63, 3.8) is 0 Å². The Hall–Kier alpha value is -1.93. The van der Waals surface area contributed by atoms with Gasteiger partial charge in [0.1, 0.15) is 5.69 Å². The highest BCUT2D eigenvalue weighted by atomic mass is 16.5. The molecule has 0 radical (unpaired) electrons. The summed E-state index contributed by atoms with van der Waals surface area (Å²) in [4.78, 5) is 28.5. The van der Waals surface area contributed by atoms with Crippen molar-refractivity contribution in [2.75, 3.05) is 39.4 Å². The van der Waals surface area contributed by atoms with Gasteiger partial charge in [-0.3, -0.25) is 19.2 Å². The van der Waals surface area contributed by atoms with Crippen molar-refractivity contribution in [2.24, 2.45) is 7.05 Å². The third-order valence-electron chi connectivity index (χ3n) is 6.04. The summed E-state index contributed by atoms with van der Waals surface area (Å²) < 4.78 is 7.25. The fourth-order valence-corrected chi connectivity index (χ4v) is 4.25. The van der Waals surface area contributed by atoms with E-state index in [0.29, 0.717) is 24.3 Å². The second-order valence-corrected chi connectivity index (χ2v) is 7.87. The fraction of sp³-hybridized carbons (Fsp3) is 0.750. The Morgan fingerprint density at radius 3 is 2.43 bits per heavy atom. The van der Waals surface area contributed by atoms with Gasteiger partial charge in [-0.05, 0) is 38.7 Å². The van der Waals surface area contributed by atoms with E-state index in [0.717, 1.165) is 64.2 Å². The van der Waals surface area contributed by atoms with Gasteiger partial charge in [-0.15, -0.1) is 0 Å². The lowest BCUT2D eigenvalue weighted by molar-refractivity contribution is -0.130. The molecule has 1 aromatic heterocycles. The number of carbonyl (C=O) groups is 2. The van der Waals surface area contributed by atoms with Crippen LogP contribution in [-0.4, -0.2) is 82.9 Å². The van der Waals surface area contributed by atoms with Crippen molar-refractivity contribution < 1.29 is 14.3 Å². The van der Waals surface area contributed by atoms with E-state index in [9.17, 15) is 9.59 Å². The SMILES string of the molecule is CC(=O)N1CCC(N(CCNC(=O)c2cc(C)n(C)n2)C2CCOCC2)CC1. The van der Waals surface area contributed by atoms with E-state index in [1.807, 2.05) is 24.9 Å². The van der Waals surface area contributed by atoms with Crippen molar-refractivity contribution in [1.82, 2.24) is 24.9 Å². The van der Waals surface area contributed by atoms with Crippen LogP contribution in [0.5, 0.6) is 0 Å². The van der Waals surface area contributed by atoms with Gasteiger partial charge in [-0.25, -0.2) is 0 Å². The zero-order chi connectivity index (χ0) is 20.1. The highest BCUT2D eigenvalue weighted by molar-refractivity contribution is 5.92. The molecule has 0 atom stereocenters. The highest BCUT2D eigenvalue weighted by Gasteiger charge is 2.31. The molecule has 0 spiro atoms. The molecule has 0 unspecified atom stereocenters. The third-order valence-corrected chi connectivity index (χ3v) is 6.04. The van der Waals surface area contributed by atoms with Crippen LogP contribution in [0.3, 0.4) is 0 Å². The monoisotopic (exact) mass is 391 g/mol. The number of aryl methyl sites for hydroxylation is 2. The summed E-state index contributed by atoms with van der Waals surface area (Å²) in [6, 6.07) is 2.74. The smallest absolute Gasteiger partial charge is 0.271 e. The first kappa shape index (κ1) is 20.8. The molecule has 2 aliphatic rings. The van der Waals surface area contributed by atoms with Crippen LogP contribution in [0.2, 0.25) is 0 Å². The van der Waals surface area contributed by atoms with Gasteiger partial charge in [0.25, 0.3) is 5.91 Å². The van der Waals surface area contributed by atoms with Gasteiger partial charge in [0, 0.05) is 71.1 Å². The number of nitrogens with zero attached hydrogens (tertiary/aromatic N) is 4. The summed E-state index contributed by atoms with van der Waals surface area (Å²) in [5.41, 5.74) is 1.43. The van der Waals surface area contributed by atoms with Crippen LogP contribution in [-0.2, 0) is 16.6 Å². The minimum absolute atomic E-state index is 0.123. The molecule has 28 heavy (non-hydrogen) atoms. The molecule has 0 saturated carbocycles. The van der Waals surface area contributed by atoms with E-state index < -0.39 is 0 Å². The molecule has 2 amide bonds. The number of aromatic nitrogens is 2. The molecule has 1 aromatic rings. The number of carbonyl (C=O) groups excluding carboxylic acids is 2. The first-order valence-electron chi connectivity index (χ1n) is 10.3. The van der Waals surface area contributed by atoms with Gasteiger partial charge in [0.05, 0.1) is 0 Å². The zero-order valence-corrected chi connectivity index (χ0v) is 17.3. The lowest BCUT2D eigenvalue weighted by Gasteiger charge is -2.43. The Morgan fingerprint density at radius 1 is 1.21 bits per heavy atom. The van der Waals surface area contributed by atoms with Gasteiger partial charge < -0.3 is 15.0 Å². The molecular formula is C20H33N5O3. The van der Waals surface area contributed by atoms with E-state index >= 15 is 0 Å². The van der Waals surface area contributed by atoms with Crippen molar-refractivity contribution >= 4 is 11.8 Å². The topological polar surface area (TPSA) is 79.7 Å². The fourth-order valence-electron chi connectivity index (χ4n) is 4.25. The number of hydrogen-bond donors (Lipinski definition) is 1. The molecule has 2 fully saturated rings. The second kappa shape index (κ2) is 9.52. The molecule has 0 bridgehead atoms. The van der Waals surface area contributed by atoms with Crippen molar-refractivity contribution in [2.45, 2.75) is 51.6 Å². The molecule has 3 rings (SSSR count). The number of nitrogens with one attached hydrogen (secondary N) is 1. The summed E-state index contributed by atoms with van der Waals surface area (Å²) in [6.07, 6.45) is 4.04. The summed E-state index contributed by atoms with van der Waals surface area (Å²) in [5.74, 6) is 0.0380. The van der Waals surface area contributed by atoms with E-state index in [2.05, 4.69) is 15.3 Å². The molecule has 8 heteroatoms. The molecule has 2 aliphatic heterocycles. The Labute approximate surface area is 167 Å². The first-order valence-corrected chi connectivity index (χ1v) is 10.3. The highest BCUT2D eigenvalue weighted by Crippen LogP contribution is 2.23. The average molecular weight is 392 g/mol. The number of hydrogen-bond acceptors (Lipinski definition) is 5. The van der Waals surface area contributed by atoms with Crippen LogP contribution >= 0.6 is 0 Å². The largest absolute Gasteiger partial charge is 0.381 e. The van der Waals surface area contributed by atoms with Crippen LogP contribution in [0, 0.1) is 6.92 Å². The van der Waals surface area contributed by atoms with Gasteiger partial charge in [-0.2, -0.15) is 5.10 Å². The lowest BCUT2D eigenvalue weighted by Crippen LogP contribution is -2.53. The molecule has 8 nitrogen and oxygen atoms in total. The molecule has 1 N–H and O–H groups in total. The summed E-state index contributed by atoms with van der Waals surface area (Å²) >= 11 is 0. The lowest BCUT2D eigenvalue weighted by atomic mass is 9.98. The van der Waals surface area contributed by atoms with Crippen LogP contribution in [0.1, 0.15) is 48.8 Å². The van der Waals surface area contributed by atoms with Crippen LogP contribution < -0.4 is 5.32 Å². The summed E-state index contributed by atoms with van der Waals surface area (Å²) in [6.45, 7) is 8.22. The van der Waals surface area contributed by atoms with Gasteiger partial charge in [-0.1, -0.05) is 0 Å². The average Bonchev–Trinajstić information content (AvgIpc) is 3.04. The van der Waals surface area contributed by atoms with Crippen molar-refractivity contribution in [3.8, 4) is 0 Å². The number of likely N-dealkylation sites (tertiary alicyclic amines) is 1. The van der Waals surface area contributed by atoms with Gasteiger partial charge >= 0.3 is 0 Å². The number of rotatable bonds is 6. The molecular weight excluding hydrogens is 358 g/mol. The molecule has 0 aromatic carbocycles. The predicted molar refractivity (Wildman–Crippen MR) is 106 cm³/mol. The van der Waals surface area contributed by atoms with Crippen molar-refractivity contribution in [3.05, 3.63) is 17.5 Å². The first-order chi connectivity index (χ1) is 13.5. The molecule has 3 heterocycles. The van der Waals surface area contributed by atoms with Crippen molar-refractivity contribution in [1.29, 1.82) is 0 Å². The van der Waals surface area contributed by atoms with Crippen LogP contribution in [0.15, 0.2) is 6.07 Å². The minimum atomic E-state index is -0.123. The standard InChI is InChI=1S/C20H33N5O3/c1-15-14-19(22-23(15)3)20(27)21-8-11-25(18-6-12-28-13-7-18)17-4-9-24(10-5-17)16(2)26/h14,17-18H,4-13H2,1-3H3,(H,21,27).